The topological polar surface area (TPSA) is 16.6 Å². The number of nitrogens with two attached hydrogens (primary N) is 1. The quantitative estimate of drug-likeness (QED) is 0.216. The Bertz CT molecular complexity index is 1940. The molecule has 0 bridgehead atoms. The van der Waals surface area contributed by atoms with E-state index in [-0.39, 0.29) is 0 Å². The Balaban J connectivity index is 1.54. The van der Waals surface area contributed by atoms with E-state index in [4.69, 9.17) is 0 Å². The zero-order chi connectivity index (χ0) is 21.5. The standard InChI is InChI=1S/C32H21N/c1-2-8-19(9-3-1)33-20-16-17-25-28(18-20)24-13-7-15-26-29-22-11-5-4-10-21(22)23-12-6-14-27(30(23)29)32(25)31(24)26/h1-2,4-8,10-18,33H,3,9H2/p+1. The largest absolute Gasteiger partial charge is 0.285 e. The lowest BCUT2D eigenvalue weighted by atomic mass is 9.95. The van der Waals surface area contributed by atoms with E-state index in [2.05, 4.69) is 102 Å². The second kappa shape index (κ2) is 6.31. The lowest BCUT2D eigenvalue weighted by Crippen LogP contribution is -2.75. The molecule has 0 fully saturated rings. The molecule has 0 heterocycles. The molecule has 0 saturated heterocycles. The average Bonchev–Trinajstić information content (AvgIpc) is 3.38. The van der Waals surface area contributed by atoms with Crippen LogP contribution in [-0.4, -0.2) is 0 Å². The lowest BCUT2D eigenvalue weighted by molar-refractivity contribution is -0.520. The predicted molar refractivity (Wildman–Crippen MR) is 142 cm³/mol. The maximum absolute atomic E-state index is 2.40. The number of hydrogen-bond donors (Lipinski definition) is 1. The van der Waals surface area contributed by atoms with Crippen LogP contribution >= 0.6 is 0 Å². The van der Waals surface area contributed by atoms with Gasteiger partial charge in [0.05, 0.1) is 0 Å². The summed E-state index contributed by atoms with van der Waals surface area (Å²) in [5, 5.41) is 19.0. The highest BCUT2D eigenvalue weighted by Gasteiger charge is 2.21. The fourth-order valence-corrected chi connectivity index (χ4v) is 6.32. The van der Waals surface area contributed by atoms with Gasteiger partial charge >= 0.3 is 0 Å². The number of hydrogen-bond acceptors (Lipinski definition) is 0. The Morgan fingerprint density at radius 1 is 0.515 bits per heavy atom. The van der Waals surface area contributed by atoms with Crippen molar-refractivity contribution in [2.75, 3.05) is 0 Å². The summed E-state index contributed by atoms with van der Waals surface area (Å²) in [6, 6.07) is 29.7. The monoisotopic (exact) mass is 420 g/mol. The highest BCUT2D eigenvalue weighted by atomic mass is 14.9. The summed E-state index contributed by atoms with van der Waals surface area (Å²) in [5.41, 5.74) is 2.71. The molecule has 1 aliphatic carbocycles. The summed E-state index contributed by atoms with van der Waals surface area (Å²) in [6.07, 6.45) is 8.94. The first-order valence-electron chi connectivity index (χ1n) is 11.8. The highest BCUT2D eigenvalue weighted by Crippen LogP contribution is 2.49. The number of fused-ring (bicyclic) bond motifs is 8. The van der Waals surface area contributed by atoms with Crippen molar-refractivity contribution in [2.45, 2.75) is 12.8 Å². The van der Waals surface area contributed by atoms with Crippen molar-refractivity contribution >= 4 is 70.3 Å². The van der Waals surface area contributed by atoms with Crippen LogP contribution in [0.15, 0.2) is 103 Å². The third kappa shape index (κ3) is 2.25. The molecule has 0 unspecified atom stereocenters. The molecular weight excluding hydrogens is 398 g/mol. The van der Waals surface area contributed by atoms with Crippen LogP contribution in [-0.2, 0) is 0 Å². The van der Waals surface area contributed by atoms with Crippen LogP contribution in [0.25, 0.3) is 64.6 Å². The molecule has 0 amide bonds. The first-order chi connectivity index (χ1) is 16.4. The van der Waals surface area contributed by atoms with Gasteiger partial charge in [-0.25, -0.2) is 0 Å². The van der Waals surface area contributed by atoms with Gasteiger partial charge in [0, 0.05) is 18.6 Å². The van der Waals surface area contributed by atoms with Crippen LogP contribution in [0, 0.1) is 0 Å². The molecule has 0 aromatic heterocycles. The van der Waals surface area contributed by atoms with E-state index in [0.717, 1.165) is 12.8 Å². The minimum Gasteiger partial charge on any atom is -0.285 e. The summed E-state index contributed by atoms with van der Waals surface area (Å²) in [6.45, 7) is 0. The number of rotatable bonds is 2. The van der Waals surface area contributed by atoms with Gasteiger partial charge in [-0.2, -0.15) is 0 Å². The van der Waals surface area contributed by atoms with Gasteiger partial charge in [0.25, 0.3) is 0 Å². The van der Waals surface area contributed by atoms with Crippen LogP contribution in [0.4, 0.5) is 5.69 Å². The molecule has 1 nitrogen and oxygen atoms in total. The molecular formula is C32H22N+. The Morgan fingerprint density at radius 2 is 1.09 bits per heavy atom. The van der Waals surface area contributed by atoms with E-state index in [1.165, 1.54) is 76.0 Å². The van der Waals surface area contributed by atoms with Gasteiger partial charge in [-0.3, -0.25) is 5.32 Å². The molecule has 2 N–H and O–H groups in total. The maximum atomic E-state index is 2.40. The Hall–Kier alpha value is -3.94. The Morgan fingerprint density at radius 3 is 1.76 bits per heavy atom. The van der Waals surface area contributed by atoms with E-state index in [1.54, 1.807) is 0 Å². The van der Waals surface area contributed by atoms with E-state index >= 15 is 0 Å². The minimum atomic E-state index is 1.12. The fourth-order valence-electron chi connectivity index (χ4n) is 6.32. The second-order valence-electron chi connectivity index (χ2n) is 9.41. The highest BCUT2D eigenvalue weighted by molar-refractivity contribution is 6.47. The SMILES string of the molecule is C1=CCCC([NH2+]c2ccc3c(c2)c2cccc4c5c6ccccc6c6cccc(c65)c3c24)=C1. The molecule has 0 radical (unpaired) electrons. The summed E-state index contributed by atoms with van der Waals surface area (Å²) in [4.78, 5) is 0. The number of benzene rings is 5. The van der Waals surface area contributed by atoms with Crippen molar-refractivity contribution in [1.82, 2.24) is 0 Å². The molecule has 8 rings (SSSR count). The van der Waals surface area contributed by atoms with Crippen molar-refractivity contribution in [3.8, 4) is 0 Å². The molecule has 0 saturated carbocycles. The van der Waals surface area contributed by atoms with E-state index < -0.39 is 0 Å². The van der Waals surface area contributed by atoms with Gasteiger partial charge in [-0.1, -0.05) is 72.8 Å². The third-order valence-corrected chi connectivity index (χ3v) is 7.66. The van der Waals surface area contributed by atoms with E-state index in [0.29, 0.717) is 0 Å². The molecule has 0 aliphatic heterocycles. The molecule has 7 aromatic carbocycles. The zero-order valence-electron chi connectivity index (χ0n) is 18.2. The van der Waals surface area contributed by atoms with Gasteiger partial charge in [-0.05, 0) is 83.2 Å². The van der Waals surface area contributed by atoms with Crippen molar-refractivity contribution in [3.05, 3.63) is 103 Å². The van der Waals surface area contributed by atoms with Crippen LogP contribution in [0.1, 0.15) is 12.8 Å². The van der Waals surface area contributed by atoms with Gasteiger partial charge in [0.15, 0.2) is 0 Å². The predicted octanol–water partition coefficient (Wildman–Crippen LogP) is 7.91. The molecule has 7 aromatic rings. The zero-order valence-corrected chi connectivity index (χ0v) is 18.2. The van der Waals surface area contributed by atoms with Crippen molar-refractivity contribution in [3.63, 3.8) is 0 Å². The summed E-state index contributed by atoms with van der Waals surface area (Å²) in [5.74, 6) is 0. The van der Waals surface area contributed by atoms with Gasteiger partial charge in [0.1, 0.15) is 11.4 Å². The van der Waals surface area contributed by atoms with Gasteiger partial charge < -0.3 is 0 Å². The minimum absolute atomic E-state index is 1.12. The lowest BCUT2D eigenvalue weighted by Gasteiger charge is -2.07. The van der Waals surface area contributed by atoms with E-state index in [9.17, 15) is 0 Å². The number of allylic oxidation sites excluding steroid dienone is 4. The summed E-state index contributed by atoms with van der Waals surface area (Å²) < 4.78 is 0. The Kier molecular flexibility index (Phi) is 3.37. The molecule has 0 atom stereocenters. The van der Waals surface area contributed by atoms with Crippen molar-refractivity contribution in [2.24, 2.45) is 0 Å². The second-order valence-corrected chi connectivity index (χ2v) is 9.41. The molecule has 0 spiro atoms. The molecule has 154 valence electrons. The molecule has 1 heteroatoms. The first-order valence-corrected chi connectivity index (χ1v) is 11.8. The van der Waals surface area contributed by atoms with Crippen LogP contribution in [0.5, 0.6) is 0 Å². The molecule has 1 aliphatic rings. The van der Waals surface area contributed by atoms with E-state index in [1.807, 2.05) is 0 Å². The first kappa shape index (κ1) is 17.6. The third-order valence-electron chi connectivity index (χ3n) is 7.66. The maximum Gasteiger partial charge on any atom is 0.134 e. The normalized spacial score (nSPS) is 14.6. The van der Waals surface area contributed by atoms with Crippen LogP contribution in [0.3, 0.4) is 0 Å². The summed E-state index contributed by atoms with van der Waals surface area (Å²) >= 11 is 0. The average molecular weight is 421 g/mol. The number of quaternary nitrogens is 1. The van der Waals surface area contributed by atoms with Crippen molar-refractivity contribution in [1.29, 1.82) is 0 Å². The smallest absolute Gasteiger partial charge is 0.134 e. The summed E-state index contributed by atoms with van der Waals surface area (Å²) in [7, 11) is 0. The fraction of sp³-hybridized carbons (Fsp3) is 0.0625. The van der Waals surface area contributed by atoms with Gasteiger partial charge in [-0.15, -0.1) is 0 Å². The van der Waals surface area contributed by atoms with Gasteiger partial charge in [0.2, 0.25) is 0 Å². The van der Waals surface area contributed by atoms with Crippen LogP contribution in [0.2, 0.25) is 0 Å². The Labute approximate surface area is 191 Å². The van der Waals surface area contributed by atoms with Crippen LogP contribution < -0.4 is 5.32 Å². The van der Waals surface area contributed by atoms with Crippen molar-refractivity contribution < 1.29 is 5.32 Å². The molecule has 33 heavy (non-hydrogen) atoms.